The highest BCUT2D eigenvalue weighted by Crippen LogP contribution is 2.48. The maximum Gasteiger partial charge on any atom is 0.338 e. The molecule has 6 nitrogen and oxygen atoms in total. The van der Waals surface area contributed by atoms with Crippen LogP contribution in [0.15, 0.2) is 18.2 Å². The maximum atomic E-state index is 12.4. The van der Waals surface area contributed by atoms with E-state index in [0.29, 0.717) is 11.5 Å². The van der Waals surface area contributed by atoms with Crippen molar-refractivity contribution in [2.45, 2.75) is 13.8 Å². The number of methoxy groups -OCH3 is 2. The third kappa shape index (κ3) is 4.84. The molecule has 0 atom stereocenters. The van der Waals surface area contributed by atoms with Gasteiger partial charge in [0.2, 0.25) is 0 Å². The van der Waals surface area contributed by atoms with E-state index in [2.05, 4.69) is 0 Å². The van der Waals surface area contributed by atoms with Crippen molar-refractivity contribution < 1.29 is 27.9 Å². The summed E-state index contributed by atoms with van der Waals surface area (Å²) in [4.78, 5) is 12.4. The fourth-order valence-corrected chi connectivity index (χ4v) is 3.38. The monoisotopic (exact) mass is 316 g/mol. The lowest BCUT2D eigenvalue weighted by Gasteiger charge is -2.17. The SMILES string of the molecule is CCOP(=O)(CC(=O)c1cc(OC)ccc1OC)OCC. The average molecular weight is 316 g/mol. The summed E-state index contributed by atoms with van der Waals surface area (Å²) in [6.07, 6.45) is -0.335. The zero-order valence-corrected chi connectivity index (χ0v) is 13.6. The van der Waals surface area contributed by atoms with E-state index in [4.69, 9.17) is 18.5 Å². The Labute approximate surface area is 124 Å². The minimum Gasteiger partial charge on any atom is -0.497 e. The van der Waals surface area contributed by atoms with E-state index in [1.54, 1.807) is 32.0 Å². The van der Waals surface area contributed by atoms with Crippen LogP contribution in [0.4, 0.5) is 0 Å². The van der Waals surface area contributed by atoms with Crippen LogP contribution in [0.3, 0.4) is 0 Å². The van der Waals surface area contributed by atoms with Gasteiger partial charge in [-0.15, -0.1) is 0 Å². The van der Waals surface area contributed by atoms with Crippen LogP contribution in [0.25, 0.3) is 0 Å². The number of hydrogen-bond donors (Lipinski definition) is 0. The van der Waals surface area contributed by atoms with Crippen LogP contribution in [-0.2, 0) is 13.6 Å². The first-order valence-corrected chi connectivity index (χ1v) is 8.35. The number of ether oxygens (including phenoxy) is 2. The third-order valence-corrected chi connectivity index (χ3v) is 4.67. The fraction of sp³-hybridized carbons (Fsp3) is 0.500. The highest BCUT2D eigenvalue weighted by atomic mass is 31.2. The number of carbonyl (C=O) groups is 1. The average Bonchev–Trinajstić information content (AvgIpc) is 2.46. The van der Waals surface area contributed by atoms with Crippen molar-refractivity contribution in [2.24, 2.45) is 0 Å². The van der Waals surface area contributed by atoms with E-state index < -0.39 is 7.60 Å². The quantitative estimate of drug-likeness (QED) is 0.515. The number of carbonyl (C=O) groups excluding carboxylic acids is 1. The molecular weight excluding hydrogens is 295 g/mol. The van der Waals surface area contributed by atoms with Gasteiger partial charge >= 0.3 is 7.60 Å². The van der Waals surface area contributed by atoms with Crippen LogP contribution in [-0.4, -0.2) is 39.4 Å². The van der Waals surface area contributed by atoms with Gasteiger partial charge in [0, 0.05) is 0 Å². The third-order valence-electron chi connectivity index (χ3n) is 2.70. The molecule has 0 saturated carbocycles. The van der Waals surface area contributed by atoms with Gasteiger partial charge in [-0.3, -0.25) is 9.36 Å². The summed E-state index contributed by atoms with van der Waals surface area (Å²) in [7, 11) is -0.478. The molecule has 0 heterocycles. The van der Waals surface area contributed by atoms with Crippen molar-refractivity contribution in [1.29, 1.82) is 0 Å². The molecule has 0 unspecified atom stereocenters. The Morgan fingerprint density at radius 3 is 2.19 bits per heavy atom. The fourth-order valence-electron chi connectivity index (χ4n) is 1.81. The van der Waals surface area contributed by atoms with Crippen molar-refractivity contribution in [2.75, 3.05) is 33.6 Å². The highest BCUT2D eigenvalue weighted by Gasteiger charge is 2.29. The van der Waals surface area contributed by atoms with Gasteiger partial charge < -0.3 is 18.5 Å². The predicted octanol–water partition coefficient (Wildman–Crippen LogP) is 3.15. The van der Waals surface area contributed by atoms with Gasteiger partial charge in [-0.2, -0.15) is 0 Å². The second kappa shape index (κ2) is 8.17. The molecule has 118 valence electrons. The van der Waals surface area contributed by atoms with Gasteiger partial charge in [-0.05, 0) is 32.0 Å². The Morgan fingerprint density at radius 1 is 1.10 bits per heavy atom. The Balaban J connectivity index is 3.04. The zero-order valence-electron chi connectivity index (χ0n) is 12.8. The molecule has 1 rings (SSSR count). The lowest BCUT2D eigenvalue weighted by molar-refractivity contribution is 0.100. The van der Waals surface area contributed by atoms with Crippen LogP contribution in [0.2, 0.25) is 0 Å². The molecule has 0 bridgehead atoms. The minimum atomic E-state index is -3.44. The molecule has 0 amide bonds. The number of rotatable bonds is 9. The van der Waals surface area contributed by atoms with Crippen LogP contribution < -0.4 is 9.47 Å². The summed E-state index contributed by atoms with van der Waals surface area (Å²) in [5.41, 5.74) is 0.288. The molecule has 0 aliphatic heterocycles. The summed E-state index contributed by atoms with van der Waals surface area (Å²) in [5, 5.41) is 0. The number of benzene rings is 1. The van der Waals surface area contributed by atoms with Gasteiger partial charge in [0.25, 0.3) is 0 Å². The van der Waals surface area contributed by atoms with E-state index in [-0.39, 0.29) is 30.7 Å². The Morgan fingerprint density at radius 2 is 1.71 bits per heavy atom. The van der Waals surface area contributed by atoms with Gasteiger partial charge in [-0.1, -0.05) is 0 Å². The first-order valence-electron chi connectivity index (χ1n) is 6.63. The lowest BCUT2D eigenvalue weighted by atomic mass is 10.1. The molecule has 1 aromatic carbocycles. The smallest absolute Gasteiger partial charge is 0.338 e. The van der Waals surface area contributed by atoms with Gasteiger partial charge in [-0.25, -0.2) is 0 Å². The van der Waals surface area contributed by atoms with Crippen LogP contribution in [0, 0.1) is 0 Å². The highest BCUT2D eigenvalue weighted by molar-refractivity contribution is 7.54. The Hall–Kier alpha value is -1.36. The van der Waals surface area contributed by atoms with Gasteiger partial charge in [0.1, 0.15) is 17.7 Å². The minimum absolute atomic E-state index is 0.208. The predicted molar refractivity (Wildman–Crippen MR) is 79.6 cm³/mol. The largest absolute Gasteiger partial charge is 0.497 e. The molecule has 0 spiro atoms. The van der Waals surface area contributed by atoms with E-state index in [1.165, 1.54) is 14.2 Å². The molecular formula is C14H21O6P. The zero-order chi connectivity index (χ0) is 15.9. The first-order chi connectivity index (χ1) is 9.99. The van der Waals surface area contributed by atoms with Crippen LogP contribution >= 0.6 is 7.60 Å². The summed E-state index contributed by atoms with van der Waals surface area (Å²) in [6.45, 7) is 3.81. The molecule has 0 aliphatic rings. The summed E-state index contributed by atoms with van der Waals surface area (Å²) in [6, 6.07) is 4.85. The van der Waals surface area contributed by atoms with Crippen molar-refractivity contribution in [3.63, 3.8) is 0 Å². The number of hydrogen-bond acceptors (Lipinski definition) is 6. The molecule has 0 radical (unpaired) electrons. The van der Waals surface area contributed by atoms with Crippen molar-refractivity contribution >= 4 is 13.4 Å². The summed E-state index contributed by atoms with van der Waals surface area (Å²) < 4.78 is 32.9. The van der Waals surface area contributed by atoms with Crippen molar-refractivity contribution in [3.8, 4) is 11.5 Å². The van der Waals surface area contributed by atoms with E-state index in [9.17, 15) is 9.36 Å². The maximum absolute atomic E-state index is 12.4. The lowest BCUT2D eigenvalue weighted by Crippen LogP contribution is -2.11. The summed E-state index contributed by atoms with van der Waals surface area (Å²) >= 11 is 0. The molecule has 0 aliphatic carbocycles. The number of Topliss-reactive ketones (excluding diaryl/α,β-unsaturated/α-hetero) is 1. The molecule has 0 N–H and O–H groups in total. The molecule has 21 heavy (non-hydrogen) atoms. The Bertz CT molecular complexity index is 518. The Kier molecular flexibility index (Phi) is 6.89. The molecule has 0 aromatic heterocycles. The molecule has 1 aromatic rings. The normalized spacial score (nSPS) is 11.2. The molecule has 0 fully saturated rings. The van der Waals surface area contributed by atoms with E-state index in [0.717, 1.165) is 0 Å². The first kappa shape index (κ1) is 17.7. The van der Waals surface area contributed by atoms with E-state index >= 15 is 0 Å². The number of ketones is 1. The topological polar surface area (TPSA) is 71.1 Å². The van der Waals surface area contributed by atoms with Crippen molar-refractivity contribution in [3.05, 3.63) is 23.8 Å². The van der Waals surface area contributed by atoms with E-state index in [1.807, 2.05) is 0 Å². The summed E-state index contributed by atoms with van der Waals surface area (Å²) in [5.74, 6) is 0.526. The van der Waals surface area contributed by atoms with Gasteiger partial charge in [0.05, 0.1) is 33.0 Å². The second-order valence-corrected chi connectivity index (χ2v) is 6.15. The van der Waals surface area contributed by atoms with Crippen LogP contribution in [0.5, 0.6) is 11.5 Å². The standard InChI is InChI=1S/C14H21O6P/c1-5-19-21(16,20-6-2)10-13(15)12-9-11(17-3)7-8-14(12)18-4/h7-9H,5-6,10H2,1-4H3. The van der Waals surface area contributed by atoms with Crippen LogP contribution in [0.1, 0.15) is 24.2 Å². The van der Waals surface area contributed by atoms with Crippen molar-refractivity contribution in [1.82, 2.24) is 0 Å². The molecule has 0 saturated heterocycles. The second-order valence-electron chi connectivity index (χ2n) is 4.09. The van der Waals surface area contributed by atoms with Gasteiger partial charge in [0.15, 0.2) is 5.78 Å². The molecule has 7 heteroatoms.